The number of hydrogen-bond acceptors (Lipinski definition) is 4. The smallest absolute Gasteiger partial charge is 0.379 e. The van der Waals surface area contributed by atoms with E-state index in [1.807, 2.05) is 0 Å². The lowest BCUT2D eigenvalue weighted by Gasteiger charge is -2.26. The SMILES string of the molecule is CC(CC(=O)NCc1ccccc1CS(=O)(=O)N1CCOCC1)c1ccc(C(F)(F)F)cc1. The van der Waals surface area contributed by atoms with Gasteiger partial charge in [-0.15, -0.1) is 0 Å². The van der Waals surface area contributed by atoms with Crippen molar-refractivity contribution in [1.82, 2.24) is 9.62 Å². The number of rotatable bonds is 8. The first-order valence-electron chi connectivity index (χ1n) is 10.6. The Labute approximate surface area is 191 Å². The van der Waals surface area contributed by atoms with E-state index in [4.69, 9.17) is 4.74 Å². The van der Waals surface area contributed by atoms with E-state index >= 15 is 0 Å². The molecule has 10 heteroatoms. The molecule has 0 radical (unpaired) electrons. The van der Waals surface area contributed by atoms with Gasteiger partial charge in [0.2, 0.25) is 15.9 Å². The van der Waals surface area contributed by atoms with Crippen molar-refractivity contribution in [2.24, 2.45) is 0 Å². The van der Waals surface area contributed by atoms with E-state index in [2.05, 4.69) is 5.32 Å². The van der Waals surface area contributed by atoms with Gasteiger partial charge >= 0.3 is 6.18 Å². The zero-order valence-electron chi connectivity index (χ0n) is 18.3. The molecule has 180 valence electrons. The summed E-state index contributed by atoms with van der Waals surface area (Å²) in [6, 6.07) is 11.8. The van der Waals surface area contributed by atoms with Crippen LogP contribution in [0, 0.1) is 0 Å². The Morgan fingerprint density at radius 1 is 1.06 bits per heavy atom. The normalized spacial score (nSPS) is 16.4. The largest absolute Gasteiger partial charge is 0.416 e. The van der Waals surface area contributed by atoms with Crippen LogP contribution in [0.15, 0.2) is 48.5 Å². The number of carbonyl (C=O) groups excluding carboxylic acids is 1. The zero-order valence-corrected chi connectivity index (χ0v) is 19.1. The predicted octanol–water partition coefficient (Wildman–Crippen LogP) is 3.68. The highest BCUT2D eigenvalue weighted by molar-refractivity contribution is 7.88. The van der Waals surface area contributed by atoms with Crippen LogP contribution >= 0.6 is 0 Å². The van der Waals surface area contributed by atoms with Crippen LogP contribution in [0.2, 0.25) is 0 Å². The second-order valence-corrected chi connectivity index (χ2v) is 10.0. The number of nitrogens with zero attached hydrogens (tertiary/aromatic N) is 1. The minimum atomic E-state index is -4.40. The van der Waals surface area contributed by atoms with Gasteiger partial charge in [0.15, 0.2) is 0 Å². The highest BCUT2D eigenvalue weighted by Gasteiger charge is 2.30. The second kappa shape index (κ2) is 10.7. The van der Waals surface area contributed by atoms with E-state index in [9.17, 15) is 26.4 Å². The molecule has 1 saturated heterocycles. The minimum absolute atomic E-state index is 0.0968. The molecule has 1 unspecified atom stereocenters. The van der Waals surface area contributed by atoms with E-state index < -0.39 is 21.8 Å². The van der Waals surface area contributed by atoms with Crippen LogP contribution in [0.4, 0.5) is 13.2 Å². The van der Waals surface area contributed by atoms with Crippen molar-refractivity contribution in [3.8, 4) is 0 Å². The summed E-state index contributed by atoms with van der Waals surface area (Å²) < 4.78 is 70.3. The second-order valence-electron chi connectivity index (χ2n) is 8.04. The summed E-state index contributed by atoms with van der Waals surface area (Å²) in [6.07, 6.45) is -4.30. The van der Waals surface area contributed by atoms with Gasteiger partial charge in [0.05, 0.1) is 24.5 Å². The Bertz CT molecular complexity index is 1050. The van der Waals surface area contributed by atoms with E-state index in [-0.39, 0.29) is 30.5 Å². The molecule has 3 rings (SSSR count). The van der Waals surface area contributed by atoms with Gasteiger partial charge in [-0.25, -0.2) is 8.42 Å². The number of ether oxygens (including phenoxy) is 1. The first-order chi connectivity index (χ1) is 15.6. The van der Waals surface area contributed by atoms with Crippen molar-refractivity contribution in [2.75, 3.05) is 26.3 Å². The third-order valence-electron chi connectivity index (χ3n) is 5.59. The first-order valence-corrected chi connectivity index (χ1v) is 12.2. The topological polar surface area (TPSA) is 75.7 Å². The molecule has 1 aliphatic heterocycles. The Kier molecular flexibility index (Phi) is 8.14. The molecule has 6 nitrogen and oxygen atoms in total. The molecule has 0 aliphatic carbocycles. The number of carbonyl (C=O) groups is 1. The molecule has 0 spiro atoms. The lowest BCUT2D eigenvalue weighted by molar-refractivity contribution is -0.137. The molecule has 1 amide bonds. The van der Waals surface area contributed by atoms with Crippen LogP contribution in [-0.4, -0.2) is 44.9 Å². The fraction of sp³-hybridized carbons (Fsp3) is 0.435. The standard InChI is InChI=1S/C23H27F3N2O4S/c1-17(18-6-8-21(9-7-18)23(24,25)26)14-22(29)27-15-19-4-2-3-5-20(19)16-33(30,31)28-10-12-32-13-11-28/h2-9,17H,10-16H2,1H3,(H,27,29). The molecule has 0 bridgehead atoms. The Morgan fingerprint density at radius 3 is 2.27 bits per heavy atom. The lowest BCUT2D eigenvalue weighted by atomic mass is 9.96. The van der Waals surface area contributed by atoms with Gasteiger partial charge in [-0.3, -0.25) is 4.79 Å². The Hall–Kier alpha value is -2.43. The van der Waals surface area contributed by atoms with Crippen LogP contribution in [0.5, 0.6) is 0 Å². The molecular weight excluding hydrogens is 457 g/mol. The van der Waals surface area contributed by atoms with Gasteiger partial charge in [-0.1, -0.05) is 43.3 Å². The molecular formula is C23H27F3N2O4S. The van der Waals surface area contributed by atoms with E-state index in [0.29, 0.717) is 43.0 Å². The summed E-state index contributed by atoms with van der Waals surface area (Å²) in [5.74, 6) is -0.710. The molecule has 1 fully saturated rings. The van der Waals surface area contributed by atoms with Gasteiger partial charge in [0.1, 0.15) is 0 Å². The molecule has 0 aromatic heterocycles. The van der Waals surface area contributed by atoms with E-state index in [1.165, 1.54) is 16.4 Å². The number of amides is 1. The van der Waals surface area contributed by atoms with Gasteiger partial charge < -0.3 is 10.1 Å². The number of alkyl halides is 3. The fourth-order valence-corrected chi connectivity index (χ4v) is 5.21. The third kappa shape index (κ3) is 7.02. The monoisotopic (exact) mass is 484 g/mol. The maximum Gasteiger partial charge on any atom is 0.416 e. The summed E-state index contributed by atoms with van der Waals surface area (Å²) in [5.41, 5.74) is 1.21. The van der Waals surface area contributed by atoms with Crippen molar-refractivity contribution in [2.45, 2.75) is 37.7 Å². The van der Waals surface area contributed by atoms with Crippen LogP contribution in [0.25, 0.3) is 0 Å². The van der Waals surface area contributed by atoms with Crippen molar-refractivity contribution in [3.63, 3.8) is 0 Å². The van der Waals surface area contributed by atoms with Crippen LogP contribution in [0.1, 0.15) is 41.5 Å². The van der Waals surface area contributed by atoms with Gasteiger partial charge in [-0.2, -0.15) is 17.5 Å². The van der Waals surface area contributed by atoms with E-state index in [1.54, 1.807) is 31.2 Å². The Morgan fingerprint density at radius 2 is 1.67 bits per heavy atom. The maximum absolute atomic E-state index is 12.7. The van der Waals surface area contributed by atoms with Gasteiger partial charge in [0, 0.05) is 26.1 Å². The molecule has 33 heavy (non-hydrogen) atoms. The number of benzene rings is 2. The van der Waals surface area contributed by atoms with Crippen molar-refractivity contribution in [1.29, 1.82) is 0 Å². The van der Waals surface area contributed by atoms with Crippen molar-refractivity contribution < 1.29 is 31.1 Å². The molecule has 1 N–H and O–H groups in total. The number of halogens is 3. The quantitative estimate of drug-likeness (QED) is 0.620. The van der Waals surface area contributed by atoms with Crippen LogP contribution in [0.3, 0.4) is 0 Å². The number of nitrogens with one attached hydrogen (secondary N) is 1. The average molecular weight is 485 g/mol. The average Bonchev–Trinajstić information content (AvgIpc) is 2.78. The fourth-order valence-electron chi connectivity index (χ4n) is 3.65. The maximum atomic E-state index is 12.7. The first kappa shape index (κ1) is 25.2. The zero-order chi connectivity index (χ0) is 24.1. The summed E-state index contributed by atoms with van der Waals surface area (Å²) in [7, 11) is -3.51. The number of morpholine rings is 1. The highest BCUT2D eigenvalue weighted by Crippen LogP contribution is 2.30. The van der Waals surface area contributed by atoms with Crippen molar-refractivity contribution >= 4 is 15.9 Å². The lowest BCUT2D eigenvalue weighted by Crippen LogP contribution is -2.41. The number of hydrogen-bond donors (Lipinski definition) is 1. The number of sulfonamides is 1. The van der Waals surface area contributed by atoms with Crippen molar-refractivity contribution in [3.05, 3.63) is 70.8 Å². The third-order valence-corrected chi connectivity index (χ3v) is 7.42. The molecule has 1 heterocycles. The summed E-state index contributed by atoms with van der Waals surface area (Å²) in [5, 5.41) is 2.79. The summed E-state index contributed by atoms with van der Waals surface area (Å²) in [4.78, 5) is 12.4. The molecule has 2 aromatic rings. The minimum Gasteiger partial charge on any atom is -0.379 e. The molecule has 1 atom stereocenters. The molecule has 1 aliphatic rings. The van der Waals surface area contributed by atoms with Gasteiger partial charge in [0.25, 0.3) is 0 Å². The van der Waals surface area contributed by atoms with Gasteiger partial charge in [-0.05, 0) is 34.7 Å². The molecule has 0 saturated carbocycles. The summed E-state index contributed by atoms with van der Waals surface area (Å²) >= 11 is 0. The highest BCUT2D eigenvalue weighted by atomic mass is 32.2. The molecule has 2 aromatic carbocycles. The summed E-state index contributed by atoms with van der Waals surface area (Å²) in [6.45, 7) is 3.31. The predicted molar refractivity (Wildman–Crippen MR) is 118 cm³/mol. The van der Waals surface area contributed by atoms with Crippen LogP contribution in [-0.2, 0) is 38.0 Å². The van der Waals surface area contributed by atoms with E-state index in [0.717, 1.165) is 12.1 Å². The Balaban J connectivity index is 1.58. The van der Waals surface area contributed by atoms with Crippen LogP contribution < -0.4 is 5.32 Å².